The smallest absolute Gasteiger partial charge is 0.414 e. The maximum atomic E-state index is 13.3. The molecular weight excluding hydrogens is 534 g/mol. The maximum Gasteiger partial charge on any atom is 0.414 e. The molecule has 41 heavy (non-hydrogen) atoms. The van der Waals surface area contributed by atoms with Gasteiger partial charge in [0.2, 0.25) is 5.91 Å². The van der Waals surface area contributed by atoms with Gasteiger partial charge in [-0.15, -0.1) is 0 Å². The second-order valence-corrected chi connectivity index (χ2v) is 9.62. The van der Waals surface area contributed by atoms with Crippen molar-refractivity contribution in [3.63, 3.8) is 0 Å². The van der Waals surface area contributed by atoms with Gasteiger partial charge in [-0.25, -0.2) is 24.4 Å². The lowest BCUT2D eigenvalue weighted by Crippen LogP contribution is -2.50. The number of carboxylic acids is 2. The van der Waals surface area contributed by atoms with Gasteiger partial charge in [0.1, 0.15) is 23.5 Å². The molecular formula is C27H33N7O7. The van der Waals surface area contributed by atoms with Gasteiger partial charge in [0.25, 0.3) is 0 Å². The number of carboxylic acid groups (broad SMARTS) is 2. The highest BCUT2D eigenvalue weighted by Crippen LogP contribution is 2.36. The van der Waals surface area contributed by atoms with Gasteiger partial charge >= 0.3 is 18.0 Å². The summed E-state index contributed by atoms with van der Waals surface area (Å²) in [4.78, 5) is 59.7. The molecule has 0 atom stereocenters. The normalized spacial score (nSPS) is 14.2. The zero-order chi connectivity index (χ0) is 30.2. The van der Waals surface area contributed by atoms with Crippen LogP contribution in [0.5, 0.6) is 5.75 Å². The minimum Gasteiger partial charge on any atom is -0.478 e. The van der Waals surface area contributed by atoms with E-state index in [9.17, 15) is 19.2 Å². The molecule has 14 nitrogen and oxygen atoms in total. The summed E-state index contributed by atoms with van der Waals surface area (Å²) in [5.74, 6) is -1.41. The maximum absolute atomic E-state index is 13.3. The van der Waals surface area contributed by atoms with Crippen molar-refractivity contribution in [2.45, 2.75) is 19.8 Å². The van der Waals surface area contributed by atoms with Crippen LogP contribution < -0.4 is 20.7 Å². The molecule has 1 aliphatic heterocycles. The second kappa shape index (κ2) is 13.4. The van der Waals surface area contributed by atoms with Crippen LogP contribution in [0.4, 0.5) is 16.3 Å². The van der Waals surface area contributed by atoms with Crippen molar-refractivity contribution >= 4 is 46.5 Å². The summed E-state index contributed by atoms with van der Waals surface area (Å²) in [6, 6.07) is 6.78. The van der Waals surface area contributed by atoms with Gasteiger partial charge in [0.05, 0.1) is 10.8 Å². The van der Waals surface area contributed by atoms with E-state index in [1.165, 1.54) is 4.90 Å². The van der Waals surface area contributed by atoms with Crippen molar-refractivity contribution in [1.82, 2.24) is 19.9 Å². The summed E-state index contributed by atoms with van der Waals surface area (Å²) in [6.45, 7) is 3.57. The van der Waals surface area contributed by atoms with Gasteiger partial charge < -0.3 is 40.8 Å². The fourth-order valence-corrected chi connectivity index (χ4v) is 4.24. The van der Waals surface area contributed by atoms with E-state index < -0.39 is 23.4 Å². The molecule has 1 fully saturated rings. The summed E-state index contributed by atoms with van der Waals surface area (Å²) >= 11 is 0. The quantitative estimate of drug-likeness (QED) is 0.262. The minimum atomic E-state index is -1.26. The first-order valence-electron chi connectivity index (χ1n) is 12.6. The highest BCUT2D eigenvalue weighted by atomic mass is 16.6. The number of fused-ring (bicyclic) bond motifs is 1. The SMILES string of the molecule is Cc1c[nH]c2ncnc(N3CCC(CN)(C(=O)Nc4cccc(OC(=O)N(C)C)c4)CC3)c12.O=C(O)/C=C/C(=O)O. The van der Waals surface area contributed by atoms with E-state index in [0.717, 1.165) is 22.4 Å². The molecule has 0 spiro atoms. The van der Waals surface area contributed by atoms with E-state index in [0.29, 0.717) is 49.5 Å². The number of aromatic amines is 1. The Balaban J connectivity index is 0.000000507. The van der Waals surface area contributed by atoms with Crippen LogP contribution in [-0.2, 0) is 14.4 Å². The number of nitrogens with zero attached hydrogens (tertiary/aromatic N) is 4. The minimum absolute atomic E-state index is 0.133. The average molecular weight is 568 g/mol. The number of amides is 2. The van der Waals surface area contributed by atoms with Crippen LogP contribution in [0.3, 0.4) is 0 Å². The molecule has 4 rings (SSSR count). The molecule has 0 radical (unpaired) electrons. The number of benzene rings is 1. The number of hydrogen-bond donors (Lipinski definition) is 5. The number of ether oxygens (including phenoxy) is 1. The Morgan fingerprint density at radius 3 is 2.39 bits per heavy atom. The fourth-order valence-electron chi connectivity index (χ4n) is 4.24. The molecule has 1 aromatic carbocycles. The molecule has 0 bridgehead atoms. The van der Waals surface area contributed by atoms with E-state index in [4.69, 9.17) is 20.7 Å². The number of rotatable bonds is 7. The largest absolute Gasteiger partial charge is 0.478 e. The third-order valence-electron chi connectivity index (χ3n) is 6.57. The number of nitrogens with one attached hydrogen (secondary N) is 2. The van der Waals surface area contributed by atoms with E-state index in [-0.39, 0.29) is 12.5 Å². The van der Waals surface area contributed by atoms with Crippen molar-refractivity contribution < 1.29 is 34.1 Å². The van der Waals surface area contributed by atoms with E-state index in [1.807, 2.05) is 13.1 Å². The third-order valence-corrected chi connectivity index (χ3v) is 6.57. The van der Waals surface area contributed by atoms with Gasteiger partial charge in [0, 0.05) is 63.8 Å². The first kappa shape index (κ1) is 30.6. The lowest BCUT2D eigenvalue weighted by Gasteiger charge is -2.40. The molecule has 218 valence electrons. The van der Waals surface area contributed by atoms with Crippen LogP contribution in [0.25, 0.3) is 11.0 Å². The molecule has 0 aliphatic carbocycles. The Morgan fingerprint density at radius 2 is 1.80 bits per heavy atom. The van der Waals surface area contributed by atoms with Crippen molar-refractivity contribution in [3.05, 3.63) is 54.5 Å². The zero-order valence-corrected chi connectivity index (χ0v) is 23.0. The second-order valence-electron chi connectivity index (χ2n) is 9.62. The average Bonchev–Trinajstić information content (AvgIpc) is 3.33. The van der Waals surface area contributed by atoms with Crippen LogP contribution in [0.1, 0.15) is 18.4 Å². The highest BCUT2D eigenvalue weighted by molar-refractivity contribution is 5.96. The number of aliphatic carboxylic acids is 2. The van der Waals surface area contributed by atoms with Crippen molar-refractivity contribution in [2.75, 3.05) is 43.9 Å². The number of carbonyl (C=O) groups excluding carboxylic acids is 2. The Morgan fingerprint density at radius 1 is 1.15 bits per heavy atom. The number of H-pyrrole nitrogens is 1. The van der Waals surface area contributed by atoms with E-state index in [1.54, 1.807) is 44.7 Å². The molecule has 2 aromatic heterocycles. The van der Waals surface area contributed by atoms with Gasteiger partial charge in [-0.2, -0.15) is 0 Å². The molecule has 0 unspecified atom stereocenters. The first-order chi connectivity index (χ1) is 19.5. The number of hydrogen-bond acceptors (Lipinski definition) is 9. The van der Waals surface area contributed by atoms with Gasteiger partial charge in [-0.05, 0) is 37.5 Å². The summed E-state index contributed by atoms with van der Waals surface area (Å²) in [7, 11) is 3.21. The predicted octanol–water partition coefficient (Wildman–Crippen LogP) is 2.22. The van der Waals surface area contributed by atoms with Crippen LogP contribution >= 0.6 is 0 Å². The number of aromatic nitrogens is 3. The highest BCUT2D eigenvalue weighted by Gasteiger charge is 2.41. The standard InChI is InChI=1S/C23H29N7O3.C4H4O4/c1-15-12-25-19-18(15)20(27-14-26-19)30-9-7-23(13-24,8-10-30)21(31)28-16-5-4-6-17(11-16)33-22(32)29(2)3;5-3(6)1-2-4(7)8/h4-6,11-12,14H,7-10,13,24H2,1-3H3,(H,28,31)(H,25,26,27);1-2H,(H,5,6)(H,7,8)/b;2-1+. The number of nitrogens with two attached hydrogens (primary N) is 1. The molecule has 0 saturated carbocycles. The summed E-state index contributed by atoms with van der Waals surface area (Å²) in [5, 5.41) is 19.6. The Bertz CT molecular complexity index is 1430. The summed E-state index contributed by atoms with van der Waals surface area (Å²) in [6.07, 6.45) is 5.31. The fraction of sp³-hybridized carbons (Fsp3) is 0.333. The van der Waals surface area contributed by atoms with Crippen LogP contribution in [0.2, 0.25) is 0 Å². The molecule has 6 N–H and O–H groups in total. The number of piperidine rings is 1. The molecule has 3 heterocycles. The van der Waals surface area contributed by atoms with Crippen molar-refractivity contribution in [2.24, 2.45) is 11.1 Å². The molecule has 1 saturated heterocycles. The lowest BCUT2D eigenvalue weighted by molar-refractivity contribution is -0.134. The summed E-state index contributed by atoms with van der Waals surface area (Å²) < 4.78 is 5.29. The topological polar surface area (TPSA) is 204 Å². The van der Waals surface area contributed by atoms with Gasteiger partial charge in [0.15, 0.2) is 0 Å². The summed E-state index contributed by atoms with van der Waals surface area (Å²) in [5.41, 5.74) is 7.88. The Labute approximate surface area is 235 Å². The van der Waals surface area contributed by atoms with Crippen LogP contribution in [-0.4, -0.2) is 87.7 Å². The van der Waals surface area contributed by atoms with Gasteiger partial charge in [-0.1, -0.05) is 6.07 Å². The molecule has 14 heteroatoms. The number of anilines is 2. The van der Waals surface area contributed by atoms with Crippen LogP contribution in [0.15, 0.2) is 48.9 Å². The Hall–Kier alpha value is -4.98. The zero-order valence-electron chi connectivity index (χ0n) is 23.0. The predicted molar refractivity (Wildman–Crippen MR) is 151 cm³/mol. The van der Waals surface area contributed by atoms with E-state index in [2.05, 4.69) is 25.2 Å². The molecule has 1 aliphatic rings. The molecule has 3 aromatic rings. The number of aryl methyl sites for hydroxylation is 1. The lowest BCUT2D eigenvalue weighted by atomic mass is 9.77. The van der Waals surface area contributed by atoms with Gasteiger partial charge in [-0.3, -0.25) is 4.79 Å². The number of carbonyl (C=O) groups is 4. The van der Waals surface area contributed by atoms with Crippen molar-refractivity contribution in [1.29, 1.82) is 0 Å². The van der Waals surface area contributed by atoms with Crippen LogP contribution in [0, 0.1) is 12.3 Å². The van der Waals surface area contributed by atoms with E-state index >= 15 is 0 Å². The monoisotopic (exact) mass is 567 g/mol. The first-order valence-corrected chi connectivity index (χ1v) is 12.6. The third kappa shape index (κ3) is 7.79. The molecule has 2 amide bonds. The van der Waals surface area contributed by atoms with Crippen molar-refractivity contribution in [3.8, 4) is 5.75 Å². The Kier molecular flexibility index (Phi) is 9.98.